The van der Waals surface area contributed by atoms with Crippen molar-refractivity contribution in [2.24, 2.45) is 5.92 Å². The third-order valence-electron chi connectivity index (χ3n) is 10.6. The van der Waals surface area contributed by atoms with Crippen LogP contribution in [0.2, 0.25) is 0 Å². The monoisotopic (exact) mass is 787 g/mol. The number of rotatable bonds is 11. The number of benzene rings is 3. The number of carbonyl (C=O) groups excluding carboxylic acids is 2. The van der Waals surface area contributed by atoms with Gasteiger partial charge in [-0.3, -0.25) is 9.69 Å². The van der Waals surface area contributed by atoms with Crippen LogP contribution in [0.1, 0.15) is 66.5 Å². The molecular weight excluding hydrogens is 740 g/mol. The molecule has 11 heteroatoms. The lowest BCUT2D eigenvalue weighted by Gasteiger charge is -2.48. The summed E-state index contributed by atoms with van der Waals surface area (Å²) >= 11 is 18.6. The van der Waals surface area contributed by atoms with E-state index in [1.165, 1.54) is 16.7 Å². The van der Waals surface area contributed by atoms with Gasteiger partial charge in [0.15, 0.2) is 5.60 Å². The first-order valence-corrected chi connectivity index (χ1v) is 19.0. The molecule has 2 aliphatic heterocycles. The molecule has 3 aromatic carbocycles. The number of hydrogen-bond donors (Lipinski definition) is 2. The maximum atomic E-state index is 14.6. The first-order chi connectivity index (χ1) is 24.2. The fourth-order valence-electron chi connectivity index (χ4n) is 7.20. The summed E-state index contributed by atoms with van der Waals surface area (Å²) in [5.41, 5.74) is 6.91. The number of ether oxygens (including phenoxy) is 2. The minimum absolute atomic E-state index is 0. The molecule has 2 amide bonds. The zero-order valence-corrected chi connectivity index (χ0v) is 33.5. The summed E-state index contributed by atoms with van der Waals surface area (Å²) in [6.07, 6.45) is 3.51. The van der Waals surface area contributed by atoms with Crippen LogP contribution in [-0.2, 0) is 22.4 Å². The molecule has 2 bridgehead atoms. The summed E-state index contributed by atoms with van der Waals surface area (Å²) in [7, 11) is 0. The summed E-state index contributed by atoms with van der Waals surface area (Å²) in [6, 6.07) is 22.0. The Labute approximate surface area is 329 Å². The molecular formula is C41H49Cl4N3O4. The molecule has 52 heavy (non-hydrogen) atoms. The van der Waals surface area contributed by atoms with Crippen LogP contribution in [0, 0.1) is 26.7 Å². The number of piperazine rings is 1. The first-order valence-electron chi connectivity index (χ1n) is 17.9. The molecule has 2 N–H and O–H groups in total. The van der Waals surface area contributed by atoms with Crippen LogP contribution in [-0.4, -0.2) is 64.1 Å². The minimum Gasteiger partial charge on any atom is -0.493 e. The fraction of sp³-hybridized carbons (Fsp3) is 0.463. The van der Waals surface area contributed by atoms with Gasteiger partial charge in [-0.25, -0.2) is 4.79 Å². The van der Waals surface area contributed by atoms with Crippen LogP contribution in [0.4, 0.5) is 4.79 Å². The molecule has 280 valence electrons. The summed E-state index contributed by atoms with van der Waals surface area (Å²) in [5.74, 6) is 1.20. The second kappa shape index (κ2) is 16.6. The summed E-state index contributed by atoms with van der Waals surface area (Å²) in [6.45, 7) is 10.9. The van der Waals surface area contributed by atoms with Crippen molar-refractivity contribution in [3.63, 3.8) is 0 Å². The normalized spacial score (nSPS) is 19.4. The highest BCUT2D eigenvalue weighted by molar-refractivity contribution is 6.68. The Kier molecular flexibility index (Phi) is 12.9. The third-order valence-corrected chi connectivity index (χ3v) is 12.0. The largest absolute Gasteiger partial charge is 0.493 e. The van der Waals surface area contributed by atoms with Crippen LogP contribution >= 0.6 is 47.2 Å². The molecule has 2 unspecified atom stereocenters. The number of nitrogens with one attached hydrogen (secondary N) is 2. The maximum Gasteiger partial charge on any atom is 0.411 e. The molecule has 3 aromatic rings. The van der Waals surface area contributed by atoms with Crippen LogP contribution in [0.25, 0.3) is 5.57 Å². The summed E-state index contributed by atoms with van der Waals surface area (Å²) in [5, 5.41) is 6.87. The van der Waals surface area contributed by atoms with Gasteiger partial charge in [0.2, 0.25) is 9.70 Å². The smallest absolute Gasteiger partial charge is 0.411 e. The van der Waals surface area contributed by atoms with Crippen molar-refractivity contribution in [2.45, 2.75) is 94.2 Å². The molecule has 1 saturated carbocycles. The molecule has 3 aliphatic rings. The fourth-order valence-corrected chi connectivity index (χ4v) is 7.32. The number of amides is 2. The highest BCUT2D eigenvalue weighted by atomic mass is 35.6. The Morgan fingerprint density at radius 3 is 2.25 bits per heavy atom. The average Bonchev–Trinajstić information content (AvgIpc) is 3.93. The molecule has 7 nitrogen and oxygen atoms in total. The molecule has 0 aromatic heterocycles. The van der Waals surface area contributed by atoms with E-state index in [1.807, 2.05) is 18.2 Å². The van der Waals surface area contributed by atoms with E-state index < -0.39 is 21.5 Å². The molecule has 3 atom stereocenters. The van der Waals surface area contributed by atoms with Crippen LogP contribution in [0.5, 0.6) is 5.75 Å². The standard InChI is InChI=1S/C41H48Cl3N3O4.ClH/c1-25-11-12-26(2)37(27(25)3)50-20-19-28-13-15-30(16-14-28)33-22-32-23-45-24-35(47(32)39(49)51-40(4,5)41(42,43)44)36(33)38(48)46-34(31-17-18-31)21-29-9-7-6-8-10-29;/h6-16,31-32,34-35,45H,17-24H2,1-5H3,(H,46,48);1H/t32?,34?,35-;/m1./s1. The minimum atomic E-state index is -1.84. The van der Waals surface area contributed by atoms with Crippen LogP contribution in [0.3, 0.4) is 0 Å². The van der Waals surface area contributed by atoms with Crippen molar-refractivity contribution in [3.8, 4) is 5.75 Å². The van der Waals surface area contributed by atoms with Gasteiger partial charge in [-0.2, -0.15) is 0 Å². The lowest BCUT2D eigenvalue weighted by molar-refractivity contribution is -0.119. The predicted molar refractivity (Wildman–Crippen MR) is 213 cm³/mol. The van der Waals surface area contributed by atoms with Crippen molar-refractivity contribution in [1.82, 2.24) is 15.5 Å². The highest BCUT2D eigenvalue weighted by Crippen LogP contribution is 2.43. The summed E-state index contributed by atoms with van der Waals surface area (Å²) < 4.78 is 10.3. The van der Waals surface area contributed by atoms with Crippen LogP contribution in [0.15, 0.2) is 72.3 Å². The van der Waals surface area contributed by atoms with E-state index in [0.29, 0.717) is 37.6 Å². The quantitative estimate of drug-likeness (QED) is 0.190. The van der Waals surface area contributed by atoms with Crippen molar-refractivity contribution in [3.05, 3.63) is 106 Å². The van der Waals surface area contributed by atoms with E-state index in [1.54, 1.807) is 18.7 Å². The topological polar surface area (TPSA) is 79.9 Å². The number of hydrogen-bond acceptors (Lipinski definition) is 5. The number of carbonyl (C=O) groups is 2. The van der Waals surface area contributed by atoms with Gasteiger partial charge in [0.05, 0.1) is 18.7 Å². The van der Waals surface area contributed by atoms with Gasteiger partial charge >= 0.3 is 6.09 Å². The third kappa shape index (κ3) is 9.05. The Hall–Kier alpha value is -2.94. The lowest BCUT2D eigenvalue weighted by atomic mass is 9.81. The average molecular weight is 790 g/mol. The van der Waals surface area contributed by atoms with Gasteiger partial charge in [0.1, 0.15) is 5.75 Å². The lowest BCUT2D eigenvalue weighted by Crippen LogP contribution is -2.64. The van der Waals surface area contributed by atoms with E-state index in [2.05, 4.69) is 79.9 Å². The molecule has 1 aliphatic carbocycles. The Bertz CT molecular complexity index is 1770. The van der Waals surface area contributed by atoms with Gasteiger partial charge in [-0.05, 0) is 105 Å². The Balaban J connectivity index is 0.00000523. The Morgan fingerprint density at radius 2 is 1.60 bits per heavy atom. The van der Waals surface area contributed by atoms with E-state index in [0.717, 1.165) is 53.7 Å². The summed E-state index contributed by atoms with van der Waals surface area (Å²) in [4.78, 5) is 30.2. The van der Waals surface area contributed by atoms with Crippen molar-refractivity contribution in [2.75, 3.05) is 19.7 Å². The number of aryl methyl sites for hydroxylation is 2. The SMILES string of the molecule is Cc1ccc(C)c(OCCc2ccc(C3=C(C(=O)NC(Cc4ccccc4)C4CC4)[C@H]4CNCC(C3)N4C(=O)OC(C)(C)C(Cl)(Cl)Cl)cc2)c1C.Cl. The van der Waals surface area contributed by atoms with Crippen molar-refractivity contribution < 1.29 is 19.1 Å². The number of alkyl halides is 3. The van der Waals surface area contributed by atoms with Gasteiger partial charge in [0, 0.05) is 31.1 Å². The molecule has 6 rings (SSSR count). The van der Waals surface area contributed by atoms with Gasteiger partial charge in [-0.1, -0.05) is 102 Å². The highest BCUT2D eigenvalue weighted by Gasteiger charge is 2.50. The number of fused-ring (bicyclic) bond motifs is 2. The first kappa shape index (κ1) is 40.2. The number of halogens is 4. The van der Waals surface area contributed by atoms with Gasteiger partial charge in [-0.15, -0.1) is 12.4 Å². The van der Waals surface area contributed by atoms with E-state index >= 15 is 0 Å². The molecule has 0 radical (unpaired) electrons. The molecule has 0 spiro atoms. The van der Waals surface area contributed by atoms with Crippen molar-refractivity contribution in [1.29, 1.82) is 0 Å². The van der Waals surface area contributed by atoms with Gasteiger partial charge < -0.3 is 20.1 Å². The Morgan fingerprint density at radius 1 is 0.923 bits per heavy atom. The molecule has 1 saturated heterocycles. The van der Waals surface area contributed by atoms with Crippen LogP contribution < -0.4 is 15.4 Å². The van der Waals surface area contributed by atoms with E-state index in [9.17, 15) is 9.59 Å². The van der Waals surface area contributed by atoms with E-state index in [-0.39, 0.29) is 30.4 Å². The van der Waals surface area contributed by atoms with Gasteiger partial charge in [0.25, 0.3) is 0 Å². The van der Waals surface area contributed by atoms with E-state index in [4.69, 9.17) is 44.3 Å². The second-order valence-electron chi connectivity index (χ2n) is 14.8. The molecule has 2 heterocycles. The maximum absolute atomic E-state index is 14.6. The zero-order chi connectivity index (χ0) is 36.5. The second-order valence-corrected chi connectivity index (χ2v) is 17.0. The molecule has 2 fully saturated rings. The predicted octanol–water partition coefficient (Wildman–Crippen LogP) is 8.88. The zero-order valence-electron chi connectivity index (χ0n) is 30.4. The number of nitrogens with zero attached hydrogens (tertiary/aromatic N) is 1. The van der Waals surface area contributed by atoms with Crippen molar-refractivity contribution >= 4 is 64.8 Å².